The number of hydrogen-bond donors (Lipinski definition) is 3. The number of halogens is 1. The molecule has 0 aliphatic rings. The lowest BCUT2D eigenvalue weighted by atomic mass is 10.1. The summed E-state index contributed by atoms with van der Waals surface area (Å²) in [4.78, 5) is 21.7. The molecule has 8 heteroatoms. The maximum Gasteiger partial charge on any atom is 0.328 e. The highest BCUT2D eigenvalue weighted by Crippen LogP contribution is 2.13. The molecule has 1 aromatic heterocycles. The van der Waals surface area contributed by atoms with Crippen molar-refractivity contribution in [2.75, 3.05) is 11.1 Å². The average Bonchev–Trinajstić information content (AvgIpc) is 1.99. The van der Waals surface area contributed by atoms with Gasteiger partial charge < -0.3 is 16.2 Å². The van der Waals surface area contributed by atoms with Gasteiger partial charge in [0.25, 0.3) is 0 Å². The van der Waals surface area contributed by atoms with E-state index in [2.05, 4.69) is 20.3 Å². The first-order chi connectivity index (χ1) is 6.81. The van der Waals surface area contributed by atoms with Gasteiger partial charge in [0.2, 0.25) is 17.2 Å². The summed E-state index contributed by atoms with van der Waals surface area (Å²) >= 11 is 5.53. The van der Waals surface area contributed by atoms with E-state index in [9.17, 15) is 4.79 Å². The fourth-order valence-electron chi connectivity index (χ4n) is 0.754. The lowest BCUT2D eigenvalue weighted by molar-refractivity contribution is -0.141. The molecule has 0 atom stereocenters. The number of aliphatic carboxylic acids is 1. The molecule has 15 heavy (non-hydrogen) atoms. The van der Waals surface area contributed by atoms with Crippen molar-refractivity contribution in [1.82, 2.24) is 15.0 Å². The fourth-order valence-corrected chi connectivity index (χ4v) is 0.921. The Kier molecular flexibility index (Phi) is 2.94. The topological polar surface area (TPSA) is 114 Å². The van der Waals surface area contributed by atoms with E-state index >= 15 is 0 Å². The summed E-state index contributed by atoms with van der Waals surface area (Å²) in [5.41, 5.74) is 4.11. The van der Waals surface area contributed by atoms with Crippen molar-refractivity contribution in [1.29, 1.82) is 0 Å². The molecular formula is C7H10ClN5O2. The van der Waals surface area contributed by atoms with Gasteiger partial charge in [-0.3, -0.25) is 0 Å². The van der Waals surface area contributed by atoms with Gasteiger partial charge in [0.1, 0.15) is 5.54 Å². The molecule has 0 amide bonds. The van der Waals surface area contributed by atoms with E-state index in [1.165, 1.54) is 13.8 Å². The fraction of sp³-hybridized carbons (Fsp3) is 0.429. The Labute approximate surface area is 90.7 Å². The molecule has 7 nitrogen and oxygen atoms in total. The van der Waals surface area contributed by atoms with Crippen LogP contribution >= 0.6 is 11.6 Å². The smallest absolute Gasteiger partial charge is 0.328 e. The second-order valence-electron chi connectivity index (χ2n) is 3.34. The maximum absolute atomic E-state index is 10.8. The number of carboxylic acid groups (broad SMARTS) is 1. The maximum atomic E-state index is 10.8. The molecule has 0 aliphatic carbocycles. The Morgan fingerprint density at radius 2 is 2.07 bits per heavy atom. The molecule has 0 spiro atoms. The molecule has 0 fully saturated rings. The van der Waals surface area contributed by atoms with Crippen LogP contribution in [0.4, 0.5) is 11.9 Å². The number of aromatic nitrogens is 3. The SMILES string of the molecule is CC(C)(Nc1nc(N)nc(Cl)n1)C(=O)O. The van der Waals surface area contributed by atoms with Crippen LogP contribution < -0.4 is 11.1 Å². The molecule has 0 saturated carbocycles. The summed E-state index contributed by atoms with van der Waals surface area (Å²) in [7, 11) is 0. The van der Waals surface area contributed by atoms with Gasteiger partial charge in [0.05, 0.1) is 0 Å². The Hall–Kier alpha value is -1.63. The third-order valence-corrected chi connectivity index (χ3v) is 1.75. The first-order valence-corrected chi connectivity index (χ1v) is 4.37. The van der Waals surface area contributed by atoms with Gasteiger partial charge in [0.15, 0.2) is 0 Å². The van der Waals surface area contributed by atoms with Crippen molar-refractivity contribution >= 4 is 29.5 Å². The summed E-state index contributed by atoms with van der Waals surface area (Å²) in [6.07, 6.45) is 0. The lowest BCUT2D eigenvalue weighted by Gasteiger charge is -2.20. The predicted molar refractivity (Wildman–Crippen MR) is 54.6 cm³/mol. The number of nitrogens with two attached hydrogens (primary N) is 1. The monoisotopic (exact) mass is 231 g/mol. The van der Waals surface area contributed by atoms with Gasteiger partial charge in [-0.25, -0.2) is 4.79 Å². The molecule has 1 heterocycles. The summed E-state index contributed by atoms with van der Waals surface area (Å²) < 4.78 is 0. The Balaban J connectivity index is 2.94. The number of rotatable bonds is 3. The van der Waals surface area contributed by atoms with Crippen molar-refractivity contribution in [3.8, 4) is 0 Å². The first-order valence-electron chi connectivity index (χ1n) is 4.00. The molecule has 0 radical (unpaired) electrons. The highest BCUT2D eigenvalue weighted by molar-refractivity contribution is 6.28. The zero-order valence-electron chi connectivity index (χ0n) is 8.15. The number of anilines is 2. The summed E-state index contributed by atoms with van der Waals surface area (Å²) in [6.45, 7) is 2.92. The van der Waals surface area contributed by atoms with E-state index in [1.54, 1.807) is 0 Å². The zero-order chi connectivity index (χ0) is 11.6. The Bertz CT molecular complexity index is 375. The van der Waals surface area contributed by atoms with Crippen LogP contribution in [0.2, 0.25) is 5.28 Å². The van der Waals surface area contributed by atoms with Crippen LogP contribution in [0.25, 0.3) is 0 Å². The van der Waals surface area contributed by atoms with E-state index in [-0.39, 0.29) is 17.2 Å². The average molecular weight is 232 g/mol. The van der Waals surface area contributed by atoms with E-state index in [1.807, 2.05) is 0 Å². The molecule has 1 rings (SSSR count). The van der Waals surface area contributed by atoms with E-state index in [4.69, 9.17) is 22.4 Å². The van der Waals surface area contributed by atoms with Crippen LogP contribution in [0.15, 0.2) is 0 Å². The zero-order valence-corrected chi connectivity index (χ0v) is 8.91. The van der Waals surface area contributed by atoms with Crippen LogP contribution in [-0.4, -0.2) is 31.6 Å². The van der Waals surface area contributed by atoms with E-state index in [0.717, 1.165) is 0 Å². The number of hydrogen-bond acceptors (Lipinski definition) is 6. The van der Waals surface area contributed by atoms with Crippen molar-refractivity contribution < 1.29 is 9.90 Å². The second-order valence-corrected chi connectivity index (χ2v) is 3.68. The van der Waals surface area contributed by atoms with Gasteiger partial charge in [-0.1, -0.05) is 0 Å². The predicted octanol–water partition coefficient (Wildman–Crippen LogP) is 0.382. The second kappa shape index (κ2) is 3.85. The third kappa shape index (κ3) is 2.91. The van der Waals surface area contributed by atoms with E-state index in [0.29, 0.717) is 0 Å². The highest BCUT2D eigenvalue weighted by atomic mass is 35.5. The Morgan fingerprint density at radius 3 is 2.53 bits per heavy atom. The van der Waals surface area contributed by atoms with Gasteiger partial charge in [0, 0.05) is 0 Å². The quantitative estimate of drug-likeness (QED) is 0.689. The summed E-state index contributed by atoms with van der Waals surface area (Å²) in [5, 5.41) is 11.3. The first kappa shape index (κ1) is 11.4. The van der Waals surface area contributed by atoms with Crippen molar-refractivity contribution in [3.05, 3.63) is 5.28 Å². The molecule has 0 unspecified atom stereocenters. The van der Waals surface area contributed by atoms with Crippen molar-refractivity contribution in [2.24, 2.45) is 0 Å². The van der Waals surface area contributed by atoms with Gasteiger partial charge in [-0.15, -0.1) is 0 Å². The van der Waals surface area contributed by atoms with Gasteiger partial charge in [-0.05, 0) is 25.4 Å². The number of nitrogens with zero attached hydrogens (tertiary/aromatic N) is 3. The minimum Gasteiger partial charge on any atom is -0.480 e. The van der Waals surface area contributed by atoms with Gasteiger partial charge >= 0.3 is 5.97 Å². The standard InChI is InChI=1S/C7H10ClN5O2/c1-7(2,3(14)15)13-6-11-4(8)10-5(9)12-6/h1-2H3,(H,14,15)(H3,9,10,11,12,13). The molecule has 0 saturated heterocycles. The van der Waals surface area contributed by atoms with Crippen LogP contribution in [0, 0.1) is 0 Å². The minimum absolute atomic E-state index is 0.0277. The number of nitrogen functional groups attached to an aromatic ring is 1. The molecule has 0 bridgehead atoms. The van der Waals surface area contributed by atoms with Crippen LogP contribution in [0.1, 0.15) is 13.8 Å². The molecule has 0 aromatic carbocycles. The minimum atomic E-state index is -1.21. The number of carboxylic acids is 1. The highest BCUT2D eigenvalue weighted by Gasteiger charge is 2.27. The van der Waals surface area contributed by atoms with E-state index < -0.39 is 11.5 Å². The van der Waals surface area contributed by atoms with Crippen LogP contribution in [-0.2, 0) is 4.79 Å². The third-order valence-electron chi connectivity index (χ3n) is 1.58. The number of carbonyl (C=O) groups is 1. The molecule has 82 valence electrons. The Morgan fingerprint density at radius 1 is 1.47 bits per heavy atom. The van der Waals surface area contributed by atoms with Crippen LogP contribution in [0.3, 0.4) is 0 Å². The molecule has 0 aliphatic heterocycles. The van der Waals surface area contributed by atoms with Gasteiger partial charge in [-0.2, -0.15) is 15.0 Å². The van der Waals surface area contributed by atoms with Crippen LogP contribution in [0.5, 0.6) is 0 Å². The van der Waals surface area contributed by atoms with Crippen molar-refractivity contribution in [2.45, 2.75) is 19.4 Å². The summed E-state index contributed by atoms with van der Waals surface area (Å²) in [5.74, 6) is -1.09. The van der Waals surface area contributed by atoms with Crippen molar-refractivity contribution in [3.63, 3.8) is 0 Å². The molecule has 1 aromatic rings. The largest absolute Gasteiger partial charge is 0.480 e. The molecular weight excluding hydrogens is 222 g/mol. The lowest BCUT2D eigenvalue weighted by Crippen LogP contribution is -2.40. The normalized spacial score (nSPS) is 11.1. The molecule has 4 N–H and O–H groups in total. The summed E-state index contributed by atoms with van der Waals surface area (Å²) in [6, 6.07) is 0. The number of nitrogens with one attached hydrogen (secondary N) is 1.